The largest absolute Gasteiger partial charge is 0.309 e. The van der Waals surface area contributed by atoms with Crippen LogP contribution in [0.15, 0.2) is 309 Å². The van der Waals surface area contributed by atoms with E-state index in [0.29, 0.717) is 0 Å². The van der Waals surface area contributed by atoms with Crippen molar-refractivity contribution in [3.05, 3.63) is 309 Å². The topological polar surface area (TPSA) is 3.24 Å². The Kier molecular flexibility index (Phi) is 12.0. The van der Waals surface area contributed by atoms with Crippen LogP contribution in [-0.4, -0.2) is 0 Å². The van der Waals surface area contributed by atoms with Crippen molar-refractivity contribution < 1.29 is 0 Å². The summed E-state index contributed by atoms with van der Waals surface area (Å²) in [6.07, 6.45) is 0. The molecule has 0 heterocycles. The van der Waals surface area contributed by atoms with Crippen molar-refractivity contribution in [3.8, 4) is 89.0 Å². The molecule has 0 aliphatic rings. The highest BCUT2D eigenvalue weighted by Gasteiger charge is 2.24. The third kappa shape index (κ3) is 8.67. The number of para-hydroxylation sites is 1. The Morgan fingerprint density at radius 1 is 0.173 bits per heavy atom. The maximum Gasteiger partial charge on any atom is 0.0618 e. The van der Waals surface area contributed by atoms with Crippen LogP contribution in [-0.2, 0) is 0 Å². The minimum Gasteiger partial charge on any atom is -0.309 e. The smallest absolute Gasteiger partial charge is 0.0618 e. The van der Waals surface area contributed by atoms with E-state index >= 15 is 0 Å². The standard InChI is InChI=1S/C74H51N/c1-7-23-52(24-8-1)60-43-47-64(70(50-60)55-29-13-4-14-30-55)56-41-45-62(46-42-56)75(74-65(53-25-9-2-10-26-53)39-22-40-66(74)54-27-11-3-12-28-54)63-36-21-35-59(49-63)61-44-48-68-67-37-19-20-38-69(67)72(57-31-15-5-16-32-57)73(71(68)51-61)58-33-17-6-18-34-58/h1-51H. The Labute approximate surface area is 439 Å². The Hall–Kier alpha value is -9.82. The van der Waals surface area contributed by atoms with Crippen molar-refractivity contribution in [2.75, 3.05) is 4.90 Å². The molecule has 1 heteroatoms. The fourth-order valence-electron chi connectivity index (χ4n) is 11.2. The van der Waals surface area contributed by atoms with Crippen LogP contribution in [0.1, 0.15) is 0 Å². The van der Waals surface area contributed by atoms with E-state index in [1.807, 2.05) is 0 Å². The Balaban J connectivity index is 1.02. The van der Waals surface area contributed by atoms with Crippen LogP contribution in [0.25, 0.3) is 111 Å². The van der Waals surface area contributed by atoms with Gasteiger partial charge in [-0.15, -0.1) is 0 Å². The van der Waals surface area contributed by atoms with Crippen LogP contribution >= 0.6 is 0 Å². The van der Waals surface area contributed by atoms with Gasteiger partial charge in [0.2, 0.25) is 0 Å². The van der Waals surface area contributed by atoms with Gasteiger partial charge in [-0.2, -0.15) is 0 Å². The van der Waals surface area contributed by atoms with Gasteiger partial charge in [-0.1, -0.05) is 273 Å². The summed E-state index contributed by atoms with van der Waals surface area (Å²) in [6.45, 7) is 0. The Morgan fingerprint density at radius 3 is 1.13 bits per heavy atom. The maximum atomic E-state index is 2.48. The lowest BCUT2D eigenvalue weighted by Crippen LogP contribution is -2.13. The molecule has 0 N–H and O–H groups in total. The number of hydrogen-bond acceptors (Lipinski definition) is 1. The number of anilines is 3. The summed E-state index contributed by atoms with van der Waals surface area (Å²) < 4.78 is 0. The molecule has 0 unspecified atom stereocenters. The predicted molar refractivity (Wildman–Crippen MR) is 320 cm³/mol. The van der Waals surface area contributed by atoms with Crippen LogP contribution in [0.3, 0.4) is 0 Å². The van der Waals surface area contributed by atoms with Gasteiger partial charge in [-0.05, 0) is 136 Å². The summed E-state index contributed by atoms with van der Waals surface area (Å²) in [6, 6.07) is 113. The first-order valence-corrected chi connectivity index (χ1v) is 25.8. The number of nitrogens with zero attached hydrogens (tertiary/aromatic N) is 1. The van der Waals surface area contributed by atoms with E-state index in [1.54, 1.807) is 0 Å². The van der Waals surface area contributed by atoms with Crippen molar-refractivity contribution in [2.45, 2.75) is 0 Å². The zero-order chi connectivity index (χ0) is 49.9. The lowest BCUT2D eigenvalue weighted by Gasteiger charge is -2.31. The van der Waals surface area contributed by atoms with E-state index in [4.69, 9.17) is 0 Å². The average molecular weight is 954 g/mol. The van der Waals surface area contributed by atoms with Gasteiger partial charge in [0.15, 0.2) is 0 Å². The fourth-order valence-corrected chi connectivity index (χ4v) is 11.2. The molecular formula is C74H51N. The van der Waals surface area contributed by atoms with E-state index < -0.39 is 0 Å². The van der Waals surface area contributed by atoms with Gasteiger partial charge in [0, 0.05) is 22.5 Å². The molecule has 0 aromatic heterocycles. The molecule has 0 saturated carbocycles. The highest BCUT2D eigenvalue weighted by Crippen LogP contribution is 2.49. The summed E-state index contributed by atoms with van der Waals surface area (Å²) in [5.41, 5.74) is 22.1. The van der Waals surface area contributed by atoms with Crippen molar-refractivity contribution in [3.63, 3.8) is 0 Å². The van der Waals surface area contributed by atoms with E-state index in [1.165, 1.54) is 71.6 Å². The summed E-state index contributed by atoms with van der Waals surface area (Å²) in [4.78, 5) is 2.48. The van der Waals surface area contributed by atoms with Gasteiger partial charge < -0.3 is 4.90 Å². The molecule has 0 atom stereocenters. The number of fused-ring (bicyclic) bond motifs is 3. The second kappa shape index (κ2) is 20.0. The third-order valence-corrected chi connectivity index (χ3v) is 14.7. The van der Waals surface area contributed by atoms with Gasteiger partial charge in [0.1, 0.15) is 0 Å². The molecule has 75 heavy (non-hydrogen) atoms. The molecule has 0 aliphatic carbocycles. The lowest BCUT2D eigenvalue weighted by atomic mass is 9.84. The monoisotopic (exact) mass is 953 g/mol. The molecule has 0 saturated heterocycles. The molecule has 0 bridgehead atoms. The second-order valence-electron chi connectivity index (χ2n) is 19.1. The van der Waals surface area contributed by atoms with Crippen molar-refractivity contribution >= 4 is 38.6 Å². The number of benzene rings is 13. The first-order chi connectivity index (χ1) is 37.2. The highest BCUT2D eigenvalue weighted by atomic mass is 15.1. The van der Waals surface area contributed by atoms with Crippen LogP contribution < -0.4 is 4.90 Å². The van der Waals surface area contributed by atoms with Crippen molar-refractivity contribution in [1.82, 2.24) is 0 Å². The molecular weight excluding hydrogens is 903 g/mol. The highest BCUT2D eigenvalue weighted by molar-refractivity contribution is 6.22. The van der Waals surface area contributed by atoms with E-state index in [9.17, 15) is 0 Å². The van der Waals surface area contributed by atoms with E-state index in [0.717, 1.165) is 56.0 Å². The Bertz CT molecular complexity index is 4060. The molecule has 13 aromatic rings. The van der Waals surface area contributed by atoms with Crippen molar-refractivity contribution in [2.24, 2.45) is 0 Å². The average Bonchev–Trinajstić information content (AvgIpc) is 3.51. The minimum atomic E-state index is 1.06. The van der Waals surface area contributed by atoms with Crippen molar-refractivity contribution in [1.29, 1.82) is 0 Å². The molecule has 13 aromatic carbocycles. The first kappa shape index (κ1) is 45.1. The van der Waals surface area contributed by atoms with E-state index in [2.05, 4.69) is 314 Å². The number of hydrogen-bond donors (Lipinski definition) is 0. The summed E-state index contributed by atoms with van der Waals surface area (Å²) >= 11 is 0. The summed E-state index contributed by atoms with van der Waals surface area (Å²) in [5.74, 6) is 0. The van der Waals surface area contributed by atoms with Gasteiger partial charge in [0.25, 0.3) is 0 Å². The molecule has 13 rings (SSSR count). The minimum absolute atomic E-state index is 1.06. The predicted octanol–water partition coefficient (Wildman–Crippen LogP) is 20.8. The maximum absolute atomic E-state index is 2.48. The summed E-state index contributed by atoms with van der Waals surface area (Å²) in [5, 5.41) is 4.95. The van der Waals surface area contributed by atoms with Gasteiger partial charge in [0.05, 0.1) is 5.69 Å². The van der Waals surface area contributed by atoms with Crippen LogP contribution in [0.5, 0.6) is 0 Å². The first-order valence-electron chi connectivity index (χ1n) is 25.8. The molecule has 0 spiro atoms. The third-order valence-electron chi connectivity index (χ3n) is 14.7. The van der Waals surface area contributed by atoms with Crippen LogP contribution in [0.2, 0.25) is 0 Å². The van der Waals surface area contributed by atoms with Crippen LogP contribution in [0, 0.1) is 0 Å². The zero-order valence-corrected chi connectivity index (χ0v) is 41.4. The number of rotatable bonds is 11. The Morgan fingerprint density at radius 2 is 0.560 bits per heavy atom. The van der Waals surface area contributed by atoms with Crippen LogP contribution in [0.4, 0.5) is 17.1 Å². The molecule has 1 nitrogen and oxygen atoms in total. The molecule has 0 amide bonds. The quantitative estimate of drug-likeness (QED) is 0.117. The van der Waals surface area contributed by atoms with E-state index in [-0.39, 0.29) is 0 Å². The van der Waals surface area contributed by atoms with Gasteiger partial charge in [-0.3, -0.25) is 0 Å². The second-order valence-corrected chi connectivity index (χ2v) is 19.1. The summed E-state index contributed by atoms with van der Waals surface area (Å²) in [7, 11) is 0. The lowest BCUT2D eigenvalue weighted by molar-refractivity contribution is 1.28. The fraction of sp³-hybridized carbons (Fsp3) is 0. The molecule has 352 valence electrons. The van der Waals surface area contributed by atoms with Gasteiger partial charge in [-0.25, -0.2) is 0 Å². The normalized spacial score (nSPS) is 11.2. The molecule has 0 fully saturated rings. The SMILES string of the molecule is c1ccc(-c2ccc(-c3ccc(N(c4cccc(-c5ccc6c(c5)c(-c5ccccc5)c(-c5ccccc5)c5ccccc56)c4)c4c(-c5ccccc5)cccc4-c4ccccc4)cc3)c(-c3ccccc3)c2)cc1. The zero-order valence-electron chi connectivity index (χ0n) is 41.4. The van der Waals surface area contributed by atoms with Gasteiger partial charge >= 0.3 is 0 Å². The molecule has 0 radical (unpaired) electrons. The molecule has 0 aliphatic heterocycles.